The SMILES string of the molecule is CC(C)(C)OC(=O)NS(=O)(=O)NC(Cc1ccc(C(=O)OC(C)(C)C)cc1)C(=O)OC(C)(C)C. The van der Waals surface area contributed by atoms with E-state index in [1.165, 1.54) is 12.1 Å². The minimum absolute atomic E-state index is 0.0985. The van der Waals surface area contributed by atoms with Gasteiger partial charge in [-0.1, -0.05) is 12.1 Å². The molecule has 0 heterocycles. The highest BCUT2D eigenvalue weighted by Crippen LogP contribution is 2.16. The van der Waals surface area contributed by atoms with Crippen molar-refractivity contribution in [3.63, 3.8) is 0 Å². The summed E-state index contributed by atoms with van der Waals surface area (Å²) in [6.45, 7) is 14.9. The van der Waals surface area contributed by atoms with Crippen LogP contribution in [0, 0.1) is 0 Å². The van der Waals surface area contributed by atoms with Crippen LogP contribution in [0.15, 0.2) is 24.3 Å². The molecule has 0 aromatic heterocycles. The molecule has 0 radical (unpaired) electrons. The fraction of sp³-hybridized carbons (Fsp3) is 0.609. The van der Waals surface area contributed by atoms with E-state index in [-0.39, 0.29) is 6.42 Å². The van der Waals surface area contributed by atoms with Crippen molar-refractivity contribution in [1.29, 1.82) is 0 Å². The quantitative estimate of drug-likeness (QED) is 0.430. The monoisotopic (exact) mass is 500 g/mol. The van der Waals surface area contributed by atoms with E-state index in [0.29, 0.717) is 11.1 Å². The Morgan fingerprint density at radius 1 is 0.794 bits per heavy atom. The second-order valence-electron chi connectivity index (χ2n) is 10.7. The lowest BCUT2D eigenvalue weighted by atomic mass is 10.0. The van der Waals surface area contributed by atoms with Crippen molar-refractivity contribution < 1.29 is 37.0 Å². The van der Waals surface area contributed by atoms with Crippen LogP contribution >= 0.6 is 0 Å². The molecule has 0 fully saturated rings. The number of carbonyl (C=O) groups is 3. The van der Waals surface area contributed by atoms with Crippen molar-refractivity contribution in [2.45, 2.75) is 91.6 Å². The minimum atomic E-state index is -4.46. The molecule has 34 heavy (non-hydrogen) atoms. The molecule has 0 saturated carbocycles. The zero-order chi connectivity index (χ0) is 26.5. The molecule has 1 aromatic rings. The molecule has 0 saturated heterocycles. The first-order valence-electron chi connectivity index (χ1n) is 10.7. The summed E-state index contributed by atoms with van der Waals surface area (Å²) >= 11 is 0. The first kappa shape index (κ1) is 29.4. The van der Waals surface area contributed by atoms with Crippen LogP contribution in [0.25, 0.3) is 0 Å². The van der Waals surface area contributed by atoms with Crippen molar-refractivity contribution in [3.05, 3.63) is 35.4 Å². The van der Waals surface area contributed by atoms with Crippen LogP contribution in [0.1, 0.15) is 78.2 Å². The molecule has 1 aromatic carbocycles. The average Bonchev–Trinajstić information content (AvgIpc) is 2.56. The van der Waals surface area contributed by atoms with Gasteiger partial charge < -0.3 is 14.2 Å². The van der Waals surface area contributed by atoms with Crippen molar-refractivity contribution in [3.8, 4) is 0 Å². The van der Waals surface area contributed by atoms with Gasteiger partial charge in [-0.2, -0.15) is 13.1 Å². The first-order valence-corrected chi connectivity index (χ1v) is 12.2. The lowest BCUT2D eigenvalue weighted by molar-refractivity contribution is -0.156. The highest BCUT2D eigenvalue weighted by molar-refractivity contribution is 7.88. The van der Waals surface area contributed by atoms with Crippen LogP contribution in [0.2, 0.25) is 0 Å². The Balaban J connectivity index is 3.06. The zero-order valence-corrected chi connectivity index (χ0v) is 22.1. The summed E-state index contributed by atoms with van der Waals surface area (Å²) in [6.07, 6.45) is -1.29. The fourth-order valence-corrected chi connectivity index (χ4v) is 3.40. The van der Waals surface area contributed by atoms with Crippen LogP contribution in [0.3, 0.4) is 0 Å². The van der Waals surface area contributed by atoms with Gasteiger partial charge in [0.1, 0.15) is 22.8 Å². The molecule has 0 aliphatic rings. The summed E-state index contributed by atoms with van der Waals surface area (Å²) in [5, 5.41) is 0. The molecule has 192 valence electrons. The van der Waals surface area contributed by atoms with Gasteiger partial charge in [-0.15, -0.1) is 0 Å². The molecule has 1 atom stereocenters. The molecule has 1 rings (SSSR count). The molecule has 2 N–H and O–H groups in total. The van der Waals surface area contributed by atoms with Crippen molar-refractivity contribution in [2.24, 2.45) is 0 Å². The van der Waals surface area contributed by atoms with Gasteiger partial charge >= 0.3 is 28.2 Å². The largest absolute Gasteiger partial charge is 0.459 e. The van der Waals surface area contributed by atoms with Gasteiger partial charge in [0, 0.05) is 0 Å². The number of hydrogen-bond donors (Lipinski definition) is 2. The molecular formula is C23H36N2O8S. The van der Waals surface area contributed by atoms with Gasteiger partial charge in [-0.05, 0) is 86.4 Å². The summed E-state index contributed by atoms with van der Waals surface area (Å²) in [5.74, 6) is -1.34. The Labute approximate surface area is 201 Å². The summed E-state index contributed by atoms with van der Waals surface area (Å²) in [4.78, 5) is 36.8. The van der Waals surface area contributed by atoms with Gasteiger partial charge in [0.05, 0.1) is 5.56 Å². The van der Waals surface area contributed by atoms with E-state index in [1.54, 1.807) is 79.2 Å². The number of rotatable bonds is 7. The van der Waals surface area contributed by atoms with E-state index in [1.807, 2.05) is 0 Å². The Morgan fingerprint density at radius 2 is 1.26 bits per heavy atom. The van der Waals surface area contributed by atoms with E-state index in [0.717, 1.165) is 0 Å². The molecule has 10 nitrogen and oxygen atoms in total. The smallest absolute Gasteiger partial charge is 0.422 e. The van der Waals surface area contributed by atoms with E-state index in [9.17, 15) is 22.8 Å². The Kier molecular flexibility index (Phi) is 9.27. The predicted octanol–water partition coefficient (Wildman–Crippen LogP) is 3.25. The third kappa shape index (κ3) is 12.0. The zero-order valence-electron chi connectivity index (χ0n) is 21.3. The van der Waals surface area contributed by atoms with Crippen LogP contribution in [0.5, 0.6) is 0 Å². The minimum Gasteiger partial charge on any atom is -0.459 e. The van der Waals surface area contributed by atoms with Crippen LogP contribution in [0.4, 0.5) is 4.79 Å². The molecule has 0 bridgehead atoms. The molecule has 1 amide bonds. The number of amides is 1. The Bertz CT molecular complexity index is 982. The summed E-state index contributed by atoms with van der Waals surface area (Å²) in [7, 11) is -4.46. The van der Waals surface area contributed by atoms with E-state index in [4.69, 9.17) is 14.2 Å². The maximum atomic E-state index is 12.7. The summed E-state index contributed by atoms with van der Waals surface area (Å²) in [5.41, 5.74) is -1.60. The van der Waals surface area contributed by atoms with Crippen LogP contribution < -0.4 is 9.44 Å². The number of ether oxygens (including phenoxy) is 3. The lowest BCUT2D eigenvalue weighted by Gasteiger charge is -2.25. The summed E-state index contributed by atoms with van der Waals surface area (Å²) < 4.78 is 44.4. The van der Waals surface area contributed by atoms with Gasteiger partial charge in [0.25, 0.3) is 0 Å². The second-order valence-corrected chi connectivity index (χ2v) is 12.2. The first-order chi connectivity index (χ1) is 15.2. The van der Waals surface area contributed by atoms with E-state index >= 15 is 0 Å². The van der Waals surface area contributed by atoms with Crippen molar-refractivity contribution in [1.82, 2.24) is 9.44 Å². The normalized spacial score (nSPS) is 13.6. The highest BCUT2D eigenvalue weighted by Gasteiger charge is 2.31. The van der Waals surface area contributed by atoms with E-state index in [2.05, 4.69) is 4.72 Å². The number of nitrogens with one attached hydrogen (secondary N) is 2. The highest BCUT2D eigenvalue weighted by atomic mass is 32.2. The molecule has 0 aliphatic carbocycles. The van der Waals surface area contributed by atoms with Crippen LogP contribution in [-0.4, -0.2) is 49.3 Å². The van der Waals surface area contributed by atoms with Gasteiger partial charge in [0.15, 0.2) is 0 Å². The molecule has 0 spiro atoms. The third-order valence-corrected chi connectivity index (χ3v) is 4.66. The third-order valence-electron chi connectivity index (χ3n) is 3.63. The van der Waals surface area contributed by atoms with Crippen LogP contribution in [-0.2, 0) is 35.6 Å². The maximum Gasteiger partial charge on any atom is 0.422 e. The molecule has 0 aliphatic heterocycles. The summed E-state index contributed by atoms with van der Waals surface area (Å²) in [6, 6.07) is 4.83. The number of esters is 2. The predicted molar refractivity (Wildman–Crippen MR) is 126 cm³/mol. The Morgan fingerprint density at radius 3 is 1.71 bits per heavy atom. The van der Waals surface area contributed by atoms with E-state index < -0.39 is 51.1 Å². The van der Waals surface area contributed by atoms with Gasteiger partial charge in [0.2, 0.25) is 0 Å². The molecular weight excluding hydrogens is 464 g/mol. The second kappa shape index (κ2) is 10.7. The Hall–Kier alpha value is -2.66. The number of hydrogen-bond acceptors (Lipinski definition) is 8. The number of carbonyl (C=O) groups excluding carboxylic acids is 3. The molecule has 1 unspecified atom stereocenters. The average molecular weight is 501 g/mol. The van der Waals surface area contributed by atoms with Gasteiger partial charge in [-0.3, -0.25) is 4.79 Å². The lowest BCUT2D eigenvalue weighted by Crippen LogP contribution is -2.51. The topological polar surface area (TPSA) is 137 Å². The van der Waals surface area contributed by atoms with Crippen molar-refractivity contribution >= 4 is 28.2 Å². The number of benzene rings is 1. The standard InChI is InChI=1S/C23H36N2O8S/c1-21(2,3)31-18(26)16-12-10-15(11-13-16)14-17(19(27)32-22(4,5)6)24-34(29,30)25-20(28)33-23(7,8)9/h10-13,17,24H,14H2,1-9H3,(H,25,28). The maximum absolute atomic E-state index is 12.7. The van der Waals surface area contributed by atoms with Crippen molar-refractivity contribution in [2.75, 3.05) is 0 Å². The molecule has 11 heteroatoms. The van der Waals surface area contributed by atoms with Gasteiger partial charge in [-0.25, -0.2) is 14.3 Å². The fourth-order valence-electron chi connectivity index (χ4n) is 2.52.